The van der Waals surface area contributed by atoms with Crippen LogP contribution in [-0.2, 0) is 28.7 Å². The van der Waals surface area contributed by atoms with Gasteiger partial charge in [0.2, 0.25) is 0 Å². The molecule has 236 valence electrons. The van der Waals surface area contributed by atoms with Crippen molar-refractivity contribution in [2.75, 3.05) is 0 Å². The lowest BCUT2D eigenvalue weighted by atomic mass is 9.85. The maximum absolute atomic E-state index is 14.2. The zero-order chi connectivity index (χ0) is 32.4. The number of hydrogen-bond acceptors (Lipinski definition) is 6. The predicted octanol–water partition coefficient (Wildman–Crippen LogP) is 4.15. The third kappa shape index (κ3) is 3.82. The lowest BCUT2D eigenvalue weighted by Gasteiger charge is -2.42. The molecule has 0 N–H and O–H groups in total. The van der Waals surface area contributed by atoms with Gasteiger partial charge in [0, 0.05) is 0 Å². The minimum Gasteiger partial charge on any atom is -0.365 e. The Morgan fingerprint density at radius 1 is 0.585 bits per heavy atom. The highest BCUT2D eigenvalue weighted by Gasteiger charge is 2.96. The minimum absolute atomic E-state index is 1.05. The molecule has 41 heavy (non-hydrogen) atoms. The number of imide groups is 1. The molecule has 2 saturated heterocycles. The van der Waals surface area contributed by atoms with E-state index in [9.17, 15) is 92.6 Å². The number of amides is 2. The van der Waals surface area contributed by atoms with Crippen LogP contribution in [0.25, 0.3) is 0 Å². The lowest BCUT2D eigenvalue weighted by molar-refractivity contribution is -0.458. The molecule has 0 radical (unpaired) electrons. The van der Waals surface area contributed by atoms with E-state index in [1.165, 1.54) is 0 Å². The molecule has 3 rings (SSSR count). The molecule has 0 aromatic carbocycles. The van der Waals surface area contributed by atoms with E-state index in [0.717, 1.165) is 12.2 Å². The number of hydroxylamine groups is 2. The van der Waals surface area contributed by atoms with Crippen molar-refractivity contribution >= 4 is 21.9 Å². The van der Waals surface area contributed by atoms with E-state index in [-0.39, 0.29) is 0 Å². The van der Waals surface area contributed by atoms with Gasteiger partial charge < -0.3 is 4.74 Å². The Kier molecular flexibility index (Phi) is 6.91. The number of halogens is 17. The quantitative estimate of drug-likeness (QED) is 0.209. The Morgan fingerprint density at radius 3 is 1.24 bits per heavy atom. The fourth-order valence-electron chi connectivity index (χ4n) is 3.80. The van der Waals surface area contributed by atoms with Crippen molar-refractivity contribution in [1.29, 1.82) is 0 Å². The zero-order valence-corrected chi connectivity index (χ0v) is 19.0. The first-order valence-electron chi connectivity index (χ1n) is 9.75. The van der Waals surface area contributed by atoms with Crippen molar-refractivity contribution < 1.29 is 102 Å². The van der Waals surface area contributed by atoms with Gasteiger partial charge in [0.05, 0.1) is 24.0 Å². The van der Waals surface area contributed by atoms with Crippen molar-refractivity contribution in [3.05, 3.63) is 12.2 Å². The molecule has 4 unspecified atom stereocenters. The zero-order valence-electron chi connectivity index (χ0n) is 18.2. The number of carbonyl (C=O) groups is 2. The molecule has 0 spiro atoms. The number of hydrogen-bond donors (Lipinski definition) is 0. The average Bonchev–Trinajstić information content (AvgIpc) is 3.47. The molecule has 0 saturated carbocycles. The van der Waals surface area contributed by atoms with Gasteiger partial charge in [-0.3, -0.25) is 9.59 Å². The third-order valence-corrected chi connectivity index (χ3v) is 7.28. The first-order chi connectivity index (χ1) is 17.9. The van der Waals surface area contributed by atoms with Crippen LogP contribution in [0, 0.1) is 11.8 Å². The van der Waals surface area contributed by atoms with Crippen LogP contribution in [0.15, 0.2) is 12.2 Å². The highest BCUT2D eigenvalue weighted by atomic mass is 32.2. The van der Waals surface area contributed by atoms with Gasteiger partial charge in [-0.15, -0.1) is 9.35 Å². The Labute approximate surface area is 212 Å². The lowest BCUT2D eigenvalue weighted by Crippen LogP contribution is -2.75. The predicted molar refractivity (Wildman–Crippen MR) is 87.3 cm³/mol. The summed E-state index contributed by atoms with van der Waals surface area (Å²) in [5.74, 6) is -60.3. The number of ether oxygens (including phenoxy) is 1. The molecular formula is C16H6F17NO6S. The number of nitrogens with zero attached hydrogens (tertiary/aromatic N) is 1. The molecule has 2 amide bonds. The van der Waals surface area contributed by atoms with Crippen molar-refractivity contribution in [2.24, 2.45) is 11.8 Å². The van der Waals surface area contributed by atoms with Crippen LogP contribution in [-0.4, -0.2) is 84.5 Å². The van der Waals surface area contributed by atoms with Crippen molar-refractivity contribution in [3.8, 4) is 0 Å². The van der Waals surface area contributed by atoms with Crippen LogP contribution in [0.1, 0.15) is 0 Å². The topological polar surface area (TPSA) is 90.0 Å². The fourth-order valence-corrected chi connectivity index (χ4v) is 4.68. The molecule has 2 bridgehead atoms. The van der Waals surface area contributed by atoms with E-state index in [0.29, 0.717) is 0 Å². The highest BCUT2D eigenvalue weighted by molar-refractivity contribution is 7.87. The van der Waals surface area contributed by atoms with Crippen molar-refractivity contribution in [3.63, 3.8) is 0 Å². The first kappa shape index (κ1) is 33.1. The molecular weight excluding hydrogens is 657 g/mol. The average molecular weight is 663 g/mol. The van der Waals surface area contributed by atoms with Crippen LogP contribution < -0.4 is 0 Å². The Hall–Kier alpha value is -2.44. The van der Waals surface area contributed by atoms with Gasteiger partial charge in [0.25, 0.3) is 11.8 Å². The van der Waals surface area contributed by atoms with Crippen molar-refractivity contribution in [1.82, 2.24) is 5.06 Å². The summed E-state index contributed by atoms with van der Waals surface area (Å²) in [4.78, 5) is 24.3. The van der Waals surface area contributed by atoms with Gasteiger partial charge in [0.15, 0.2) is 0 Å². The van der Waals surface area contributed by atoms with E-state index in [2.05, 4.69) is 4.28 Å². The largest absolute Gasteiger partial charge is 0.460 e. The number of rotatable bonds is 9. The standard InChI is InChI=1S/C16H6F17NO6S/c17-9(18,11(21,22)13(25,26)15(29,30)31)10(19,20)12(23,24)14(27,28)16(32,33)41(37,38)40-34-7(35)5-3-1-2-4(39-3)6(5)8(34)36/h1-6H. The highest BCUT2D eigenvalue weighted by Crippen LogP contribution is 2.64. The fraction of sp³-hybridized carbons (Fsp3) is 0.750. The summed E-state index contributed by atoms with van der Waals surface area (Å²) >= 11 is 0. The second-order valence-electron chi connectivity index (χ2n) is 8.46. The molecule has 4 atom stereocenters. The van der Waals surface area contributed by atoms with E-state index in [4.69, 9.17) is 4.74 Å². The van der Waals surface area contributed by atoms with E-state index >= 15 is 0 Å². The molecule has 25 heteroatoms. The molecule has 0 aliphatic carbocycles. The maximum atomic E-state index is 14.2. The van der Waals surface area contributed by atoms with E-state index in [1.807, 2.05) is 0 Å². The van der Waals surface area contributed by atoms with Crippen LogP contribution in [0.4, 0.5) is 74.6 Å². The number of fused-ring (bicyclic) bond motifs is 5. The van der Waals surface area contributed by atoms with E-state index < -0.39 is 98.0 Å². The molecule has 0 aromatic heterocycles. The molecule has 3 heterocycles. The Bertz CT molecular complexity index is 1250. The normalized spacial score (nSPS) is 26.8. The minimum atomic E-state index is -9.03. The molecule has 0 aromatic rings. The summed E-state index contributed by atoms with van der Waals surface area (Å²) in [7, 11) is -8.12. The second-order valence-corrected chi connectivity index (χ2v) is 10.0. The summed E-state index contributed by atoms with van der Waals surface area (Å²) in [6.07, 6.45) is -8.60. The van der Waals surface area contributed by atoms with Crippen LogP contribution in [0.3, 0.4) is 0 Å². The third-order valence-electron chi connectivity index (χ3n) is 6.05. The number of alkyl halides is 17. The summed E-state index contributed by atoms with van der Waals surface area (Å²) in [6.45, 7) is 0. The van der Waals surface area contributed by atoms with Gasteiger partial charge in [-0.2, -0.15) is 83.1 Å². The SMILES string of the molecule is O=C1C2C3C=CC(O3)C2C(=O)N1OS(=O)(=O)C(F)(F)C(F)(F)C(F)(F)C(F)(F)C(F)(F)C(F)(F)C(F)(F)C(F)(F)F. The summed E-state index contributed by atoms with van der Waals surface area (Å²) in [5, 5.41) is -9.27. The maximum Gasteiger partial charge on any atom is 0.460 e. The van der Waals surface area contributed by atoms with Crippen LogP contribution in [0.2, 0.25) is 0 Å². The van der Waals surface area contributed by atoms with Crippen LogP contribution in [0.5, 0.6) is 0 Å². The Morgan fingerprint density at radius 2 is 0.902 bits per heavy atom. The molecule has 7 nitrogen and oxygen atoms in total. The van der Waals surface area contributed by atoms with Gasteiger partial charge in [-0.05, 0) is 0 Å². The smallest absolute Gasteiger partial charge is 0.365 e. The molecule has 2 fully saturated rings. The van der Waals surface area contributed by atoms with Gasteiger partial charge >= 0.3 is 57.1 Å². The molecule has 3 aliphatic heterocycles. The molecule has 3 aliphatic rings. The Balaban J connectivity index is 2.01. The second kappa shape index (κ2) is 8.57. The monoisotopic (exact) mass is 663 g/mol. The number of carbonyl (C=O) groups excluding carboxylic acids is 2. The summed E-state index contributed by atoms with van der Waals surface area (Å²) in [5.41, 5.74) is 0. The van der Waals surface area contributed by atoms with Crippen LogP contribution >= 0.6 is 0 Å². The summed E-state index contributed by atoms with van der Waals surface area (Å²) < 4.78 is 259. The first-order valence-corrected chi connectivity index (χ1v) is 11.2. The summed E-state index contributed by atoms with van der Waals surface area (Å²) in [6, 6.07) is 0. The van der Waals surface area contributed by atoms with Crippen molar-refractivity contribution in [2.45, 2.75) is 59.2 Å². The van der Waals surface area contributed by atoms with Gasteiger partial charge in [-0.25, -0.2) is 0 Å². The van der Waals surface area contributed by atoms with Gasteiger partial charge in [-0.1, -0.05) is 12.2 Å². The van der Waals surface area contributed by atoms with E-state index in [1.54, 1.807) is 0 Å². The van der Waals surface area contributed by atoms with Gasteiger partial charge in [0.1, 0.15) is 0 Å².